The molecule has 0 bridgehead atoms. The third-order valence-electron chi connectivity index (χ3n) is 8.38. The summed E-state index contributed by atoms with van der Waals surface area (Å²) in [5.41, 5.74) is 6.44. The van der Waals surface area contributed by atoms with Gasteiger partial charge in [-0.3, -0.25) is 9.98 Å². The molecule has 206 valence electrons. The van der Waals surface area contributed by atoms with Crippen molar-refractivity contribution in [2.45, 2.75) is 0 Å². The van der Waals surface area contributed by atoms with E-state index >= 15 is 0 Å². The SMILES string of the molecule is C(=Nc1ccc(-c2ccc(N=Cc3c4ccccc4cc4ccccc34)cc2)cc1)c1c2ccccc2cc2ccccc12. The quantitative estimate of drug-likeness (QED) is 0.148. The highest BCUT2D eigenvalue weighted by molar-refractivity contribution is 6.14. The molecule has 0 aliphatic rings. The molecule has 2 nitrogen and oxygen atoms in total. The van der Waals surface area contributed by atoms with Gasteiger partial charge in [0.1, 0.15) is 0 Å². The molecule has 0 fully saturated rings. The van der Waals surface area contributed by atoms with Crippen LogP contribution in [-0.4, -0.2) is 12.4 Å². The van der Waals surface area contributed by atoms with Gasteiger partial charge < -0.3 is 0 Å². The van der Waals surface area contributed by atoms with Crippen LogP contribution < -0.4 is 0 Å². The molecule has 44 heavy (non-hydrogen) atoms. The average molecular weight is 561 g/mol. The molecule has 0 amide bonds. The van der Waals surface area contributed by atoms with Crippen molar-refractivity contribution < 1.29 is 0 Å². The first-order valence-electron chi connectivity index (χ1n) is 14.9. The summed E-state index contributed by atoms with van der Waals surface area (Å²) in [5.74, 6) is 0. The fraction of sp³-hybridized carbons (Fsp3) is 0. The Morgan fingerprint density at radius 1 is 0.318 bits per heavy atom. The van der Waals surface area contributed by atoms with Crippen molar-refractivity contribution in [1.82, 2.24) is 0 Å². The summed E-state index contributed by atoms with van der Waals surface area (Å²) in [4.78, 5) is 9.76. The van der Waals surface area contributed by atoms with Crippen LogP contribution in [0.25, 0.3) is 54.2 Å². The molecule has 8 aromatic rings. The second kappa shape index (κ2) is 11.1. The number of aliphatic imine (C=N–C) groups is 2. The molecular weight excluding hydrogens is 532 g/mol. The van der Waals surface area contributed by atoms with E-state index in [-0.39, 0.29) is 0 Å². The predicted molar refractivity (Wildman–Crippen MR) is 189 cm³/mol. The lowest BCUT2D eigenvalue weighted by Crippen LogP contribution is -1.88. The first-order chi connectivity index (χ1) is 21.8. The van der Waals surface area contributed by atoms with E-state index in [1.54, 1.807) is 0 Å². The van der Waals surface area contributed by atoms with Crippen molar-refractivity contribution in [2.75, 3.05) is 0 Å². The standard InChI is InChI=1S/C42H28N2/c1-5-13-37-31(9-1)25-32-10-2-6-14-38(32)41(37)27-43-35-21-17-29(18-22-35)30-19-23-36(24-20-30)44-28-42-39-15-7-3-11-33(39)26-34-12-4-8-16-40(34)42/h1-28H. The van der Waals surface area contributed by atoms with Crippen molar-refractivity contribution in [3.63, 3.8) is 0 Å². The van der Waals surface area contributed by atoms with Gasteiger partial charge in [0.15, 0.2) is 0 Å². The molecule has 0 aliphatic heterocycles. The second-order valence-electron chi connectivity index (χ2n) is 11.1. The largest absolute Gasteiger partial charge is 0.256 e. The van der Waals surface area contributed by atoms with E-state index < -0.39 is 0 Å². The average Bonchev–Trinajstić information content (AvgIpc) is 3.09. The molecule has 0 unspecified atom stereocenters. The van der Waals surface area contributed by atoms with Crippen molar-refractivity contribution in [3.8, 4) is 11.1 Å². The minimum atomic E-state index is 0.925. The normalized spacial score (nSPS) is 11.9. The zero-order chi connectivity index (χ0) is 29.3. The van der Waals surface area contributed by atoms with E-state index in [0.717, 1.165) is 33.6 Å². The van der Waals surface area contributed by atoms with Gasteiger partial charge in [0.25, 0.3) is 0 Å². The predicted octanol–water partition coefficient (Wildman–Crippen LogP) is 11.5. The minimum Gasteiger partial charge on any atom is -0.256 e. The fourth-order valence-electron chi connectivity index (χ4n) is 6.13. The number of rotatable bonds is 5. The molecule has 0 aliphatic carbocycles. The molecule has 2 heteroatoms. The monoisotopic (exact) mass is 560 g/mol. The lowest BCUT2D eigenvalue weighted by molar-refractivity contribution is 1.51. The first-order valence-corrected chi connectivity index (χ1v) is 14.9. The Kier molecular flexibility index (Phi) is 6.51. The van der Waals surface area contributed by atoms with Gasteiger partial charge >= 0.3 is 0 Å². The summed E-state index contributed by atoms with van der Waals surface area (Å²) in [6.07, 6.45) is 4.01. The number of benzene rings is 8. The summed E-state index contributed by atoms with van der Waals surface area (Å²) in [5, 5.41) is 9.74. The molecule has 8 rings (SSSR count). The van der Waals surface area contributed by atoms with Gasteiger partial charge in [-0.15, -0.1) is 0 Å². The highest BCUT2D eigenvalue weighted by atomic mass is 14.7. The molecule has 8 aromatic carbocycles. The molecule has 0 saturated heterocycles. The Bertz CT molecular complexity index is 2080. The van der Waals surface area contributed by atoms with Gasteiger partial charge in [-0.2, -0.15) is 0 Å². The van der Waals surface area contributed by atoms with Crippen LogP contribution in [0.5, 0.6) is 0 Å². The van der Waals surface area contributed by atoms with Crippen LogP contribution in [0.1, 0.15) is 11.1 Å². The highest BCUT2D eigenvalue weighted by Gasteiger charge is 2.07. The van der Waals surface area contributed by atoms with Crippen LogP contribution in [-0.2, 0) is 0 Å². The Morgan fingerprint density at radius 3 is 0.932 bits per heavy atom. The lowest BCUT2D eigenvalue weighted by atomic mass is 9.97. The zero-order valence-electron chi connectivity index (χ0n) is 24.1. The van der Waals surface area contributed by atoms with Crippen molar-refractivity contribution in [3.05, 3.63) is 169 Å². The minimum absolute atomic E-state index is 0.925. The molecule has 0 N–H and O–H groups in total. The summed E-state index contributed by atoms with van der Waals surface area (Å²) in [6.45, 7) is 0. The van der Waals surface area contributed by atoms with Crippen LogP contribution in [0.4, 0.5) is 11.4 Å². The fourth-order valence-corrected chi connectivity index (χ4v) is 6.13. The maximum atomic E-state index is 4.88. The Morgan fingerprint density at radius 2 is 0.614 bits per heavy atom. The third-order valence-corrected chi connectivity index (χ3v) is 8.38. The van der Waals surface area contributed by atoms with E-state index in [9.17, 15) is 0 Å². The van der Waals surface area contributed by atoms with Crippen LogP contribution in [0.3, 0.4) is 0 Å². The third kappa shape index (κ3) is 4.83. The molecule has 0 atom stereocenters. The highest BCUT2D eigenvalue weighted by Crippen LogP contribution is 2.30. The lowest BCUT2D eigenvalue weighted by Gasteiger charge is -2.08. The van der Waals surface area contributed by atoms with Crippen molar-refractivity contribution in [1.29, 1.82) is 0 Å². The van der Waals surface area contributed by atoms with Gasteiger partial charge in [0, 0.05) is 23.6 Å². The van der Waals surface area contributed by atoms with Gasteiger partial charge in [0.05, 0.1) is 11.4 Å². The topological polar surface area (TPSA) is 24.7 Å². The van der Waals surface area contributed by atoms with Crippen LogP contribution in [0, 0.1) is 0 Å². The van der Waals surface area contributed by atoms with Gasteiger partial charge in [0.2, 0.25) is 0 Å². The van der Waals surface area contributed by atoms with Gasteiger partial charge in [-0.05, 0) is 90.6 Å². The smallest absolute Gasteiger partial charge is 0.0630 e. The van der Waals surface area contributed by atoms with Crippen molar-refractivity contribution in [2.24, 2.45) is 9.98 Å². The van der Waals surface area contributed by atoms with Crippen LogP contribution >= 0.6 is 0 Å². The second-order valence-corrected chi connectivity index (χ2v) is 11.1. The number of fused-ring (bicyclic) bond motifs is 4. The van der Waals surface area contributed by atoms with E-state index in [1.165, 1.54) is 43.1 Å². The van der Waals surface area contributed by atoms with Crippen LogP contribution in [0.15, 0.2) is 168 Å². The Balaban J connectivity index is 1.05. The number of hydrogen-bond donors (Lipinski definition) is 0. The number of nitrogens with zero attached hydrogens (tertiary/aromatic N) is 2. The number of hydrogen-bond acceptors (Lipinski definition) is 2. The molecule has 0 spiro atoms. The summed E-state index contributed by atoms with van der Waals surface area (Å²) in [7, 11) is 0. The molecule has 0 heterocycles. The molecule has 0 radical (unpaired) electrons. The maximum Gasteiger partial charge on any atom is 0.0630 e. The van der Waals surface area contributed by atoms with Gasteiger partial charge in [-0.25, -0.2) is 0 Å². The van der Waals surface area contributed by atoms with Crippen LogP contribution in [0.2, 0.25) is 0 Å². The molecular formula is C42H28N2. The molecule has 0 aromatic heterocycles. The Hall–Kier alpha value is -5.86. The summed E-state index contributed by atoms with van der Waals surface area (Å²) < 4.78 is 0. The van der Waals surface area contributed by atoms with E-state index in [2.05, 4.69) is 158 Å². The first kappa shape index (κ1) is 25.8. The van der Waals surface area contributed by atoms with E-state index in [1.807, 2.05) is 12.4 Å². The maximum absolute atomic E-state index is 4.88. The Labute approximate surface area is 256 Å². The summed E-state index contributed by atoms with van der Waals surface area (Å²) in [6, 6.07) is 55.4. The van der Waals surface area contributed by atoms with E-state index in [0.29, 0.717) is 0 Å². The van der Waals surface area contributed by atoms with Crippen molar-refractivity contribution >= 4 is 66.9 Å². The summed E-state index contributed by atoms with van der Waals surface area (Å²) >= 11 is 0. The zero-order valence-corrected chi connectivity index (χ0v) is 24.1. The van der Waals surface area contributed by atoms with Gasteiger partial charge in [-0.1, -0.05) is 121 Å². The molecule has 0 saturated carbocycles. The van der Waals surface area contributed by atoms with E-state index in [4.69, 9.17) is 9.98 Å².